The van der Waals surface area contributed by atoms with Crippen LogP contribution in [0.15, 0.2) is 54.6 Å². The number of ketones is 1. The van der Waals surface area contributed by atoms with Crippen LogP contribution in [0.4, 0.5) is 0 Å². The number of benzene rings is 2. The lowest BCUT2D eigenvalue weighted by molar-refractivity contribution is -0.139. The minimum atomic E-state index is -0.900. The molecule has 0 aromatic heterocycles. The molecule has 0 fully saturated rings. The van der Waals surface area contributed by atoms with Gasteiger partial charge in [0, 0.05) is 11.1 Å². The SMILES string of the molecule is O=Cc1ccc(OCCOCCOCCOCCOCCOCCOCCOCCOCCOC(=O)C(=O)c2ccccc2)cc1. The average molecular weight is 651 g/mol. The van der Waals surface area contributed by atoms with Crippen LogP contribution in [0.5, 0.6) is 5.75 Å². The third-order valence-electron chi connectivity index (χ3n) is 5.80. The predicted molar refractivity (Wildman–Crippen MR) is 166 cm³/mol. The standard InChI is InChI=1S/C33H46O13/c34-28-29-6-8-31(9-7-29)45-26-24-43-22-20-41-18-16-39-14-12-37-10-11-38-13-15-40-17-19-42-21-23-44-25-27-46-33(36)32(35)30-4-2-1-3-5-30/h1-9,28H,10-27H2. The fourth-order valence-electron chi connectivity index (χ4n) is 3.47. The first-order chi connectivity index (χ1) is 22.7. The number of ether oxygens (including phenoxy) is 10. The molecular formula is C33H46O13. The Labute approximate surface area is 270 Å². The van der Waals surface area contributed by atoms with Crippen molar-refractivity contribution in [3.05, 3.63) is 65.7 Å². The zero-order valence-electron chi connectivity index (χ0n) is 26.3. The number of aldehydes is 1. The molecule has 0 amide bonds. The molecule has 0 saturated heterocycles. The van der Waals surface area contributed by atoms with Gasteiger partial charge >= 0.3 is 5.97 Å². The van der Waals surface area contributed by atoms with E-state index in [1.165, 1.54) is 0 Å². The van der Waals surface area contributed by atoms with E-state index < -0.39 is 11.8 Å². The second kappa shape index (κ2) is 28.0. The maximum absolute atomic E-state index is 11.9. The Morgan fingerprint density at radius 2 is 0.826 bits per heavy atom. The van der Waals surface area contributed by atoms with Crippen LogP contribution in [0, 0.1) is 0 Å². The largest absolute Gasteiger partial charge is 0.491 e. The molecule has 2 aromatic carbocycles. The van der Waals surface area contributed by atoms with Crippen molar-refractivity contribution < 1.29 is 61.8 Å². The van der Waals surface area contributed by atoms with Crippen LogP contribution in [0.25, 0.3) is 0 Å². The Hall–Kier alpha value is -3.27. The van der Waals surface area contributed by atoms with Gasteiger partial charge < -0.3 is 47.4 Å². The lowest BCUT2D eigenvalue weighted by Gasteiger charge is -2.09. The molecule has 0 aliphatic heterocycles. The lowest BCUT2D eigenvalue weighted by Crippen LogP contribution is -2.20. The first-order valence-electron chi connectivity index (χ1n) is 15.3. The summed E-state index contributed by atoms with van der Waals surface area (Å²) < 4.78 is 53.9. The highest BCUT2D eigenvalue weighted by molar-refractivity contribution is 6.40. The molecule has 13 nitrogen and oxygen atoms in total. The van der Waals surface area contributed by atoms with Gasteiger partial charge in [-0.15, -0.1) is 0 Å². The van der Waals surface area contributed by atoms with Crippen LogP contribution in [-0.2, 0) is 47.4 Å². The minimum Gasteiger partial charge on any atom is -0.491 e. The summed E-state index contributed by atoms with van der Waals surface area (Å²) in [5.74, 6) is -0.883. The molecule has 0 radical (unpaired) electrons. The van der Waals surface area contributed by atoms with E-state index in [4.69, 9.17) is 47.4 Å². The molecule has 2 rings (SSSR count). The van der Waals surface area contributed by atoms with E-state index in [9.17, 15) is 14.4 Å². The topological polar surface area (TPSA) is 144 Å². The van der Waals surface area contributed by atoms with Crippen molar-refractivity contribution in [1.82, 2.24) is 0 Å². The summed E-state index contributed by atoms with van der Waals surface area (Å²) in [6, 6.07) is 15.1. The van der Waals surface area contributed by atoms with E-state index in [1.54, 1.807) is 54.6 Å². The van der Waals surface area contributed by atoms with E-state index in [0.717, 1.165) is 6.29 Å². The summed E-state index contributed by atoms with van der Waals surface area (Å²) in [6.45, 7) is 7.28. The number of esters is 1. The van der Waals surface area contributed by atoms with E-state index in [1.807, 2.05) is 0 Å². The van der Waals surface area contributed by atoms with Crippen molar-refractivity contribution >= 4 is 18.0 Å². The maximum atomic E-state index is 11.9. The summed E-state index contributed by atoms with van der Waals surface area (Å²) in [5, 5.41) is 0. The number of carbonyl (C=O) groups is 3. The molecule has 46 heavy (non-hydrogen) atoms. The van der Waals surface area contributed by atoms with Gasteiger partial charge in [0.25, 0.3) is 5.78 Å². The summed E-state index contributed by atoms with van der Waals surface area (Å²) in [6.07, 6.45) is 0.791. The molecule has 0 aliphatic carbocycles. The van der Waals surface area contributed by atoms with Crippen LogP contribution in [0.1, 0.15) is 20.7 Å². The summed E-state index contributed by atoms with van der Waals surface area (Å²) in [7, 11) is 0. The Kier molecular flexibility index (Phi) is 23.7. The molecule has 2 aromatic rings. The highest BCUT2D eigenvalue weighted by atomic mass is 16.6. The van der Waals surface area contributed by atoms with E-state index >= 15 is 0 Å². The summed E-state index contributed by atoms with van der Waals surface area (Å²) >= 11 is 0. The molecule has 0 atom stereocenters. The number of Topliss-reactive ketones (excluding diaryl/α,β-unsaturated/α-hetero) is 1. The van der Waals surface area contributed by atoms with Gasteiger partial charge in [-0.25, -0.2) is 4.79 Å². The summed E-state index contributed by atoms with van der Waals surface area (Å²) in [5.41, 5.74) is 0.903. The van der Waals surface area contributed by atoms with Crippen molar-refractivity contribution in [2.45, 2.75) is 0 Å². The highest BCUT2D eigenvalue weighted by Gasteiger charge is 2.17. The van der Waals surface area contributed by atoms with Gasteiger partial charge in [-0.05, 0) is 24.3 Å². The van der Waals surface area contributed by atoms with Crippen molar-refractivity contribution in [3.8, 4) is 5.75 Å². The Morgan fingerprint density at radius 3 is 1.22 bits per heavy atom. The second-order valence-corrected chi connectivity index (χ2v) is 9.27. The smallest absolute Gasteiger partial charge is 0.379 e. The third kappa shape index (κ3) is 20.7. The van der Waals surface area contributed by atoms with Gasteiger partial charge in [0.15, 0.2) is 0 Å². The molecule has 0 spiro atoms. The number of hydrogen-bond acceptors (Lipinski definition) is 13. The first kappa shape index (κ1) is 38.9. The van der Waals surface area contributed by atoms with Crippen LogP contribution in [0.2, 0.25) is 0 Å². The van der Waals surface area contributed by atoms with Crippen LogP contribution in [0.3, 0.4) is 0 Å². The molecular weight excluding hydrogens is 604 g/mol. The van der Waals surface area contributed by atoms with Crippen LogP contribution in [-0.4, -0.2) is 137 Å². The molecule has 0 aliphatic rings. The van der Waals surface area contributed by atoms with Gasteiger partial charge in [0.1, 0.15) is 25.2 Å². The highest BCUT2D eigenvalue weighted by Crippen LogP contribution is 2.10. The van der Waals surface area contributed by atoms with Crippen LogP contribution >= 0.6 is 0 Å². The average Bonchev–Trinajstić information content (AvgIpc) is 3.09. The van der Waals surface area contributed by atoms with Crippen molar-refractivity contribution in [3.63, 3.8) is 0 Å². The Morgan fingerprint density at radius 1 is 0.457 bits per heavy atom. The monoisotopic (exact) mass is 650 g/mol. The fraction of sp³-hybridized carbons (Fsp3) is 0.545. The zero-order valence-corrected chi connectivity index (χ0v) is 26.3. The molecule has 256 valence electrons. The second-order valence-electron chi connectivity index (χ2n) is 9.27. The molecule has 0 unspecified atom stereocenters. The van der Waals surface area contributed by atoms with Gasteiger partial charge in [-0.2, -0.15) is 0 Å². The van der Waals surface area contributed by atoms with Crippen molar-refractivity contribution in [2.24, 2.45) is 0 Å². The van der Waals surface area contributed by atoms with E-state index in [2.05, 4.69) is 0 Å². The van der Waals surface area contributed by atoms with Crippen molar-refractivity contribution in [1.29, 1.82) is 0 Å². The predicted octanol–water partition coefficient (Wildman–Crippen LogP) is 2.44. The van der Waals surface area contributed by atoms with Crippen molar-refractivity contribution in [2.75, 3.05) is 119 Å². The van der Waals surface area contributed by atoms with E-state index in [-0.39, 0.29) is 13.2 Å². The molecule has 0 heterocycles. The van der Waals surface area contributed by atoms with Gasteiger partial charge in [0.2, 0.25) is 0 Å². The molecule has 0 N–H and O–H groups in total. The quantitative estimate of drug-likeness (QED) is 0.0388. The zero-order chi connectivity index (χ0) is 32.8. The third-order valence-corrected chi connectivity index (χ3v) is 5.80. The number of carbonyl (C=O) groups excluding carboxylic acids is 3. The van der Waals surface area contributed by atoms with Gasteiger partial charge in [0.05, 0.1) is 106 Å². The molecule has 13 heteroatoms. The maximum Gasteiger partial charge on any atom is 0.379 e. The fourth-order valence-corrected chi connectivity index (χ4v) is 3.47. The summed E-state index contributed by atoms with van der Waals surface area (Å²) in [4.78, 5) is 34.2. The first-order valence-corrected chi connectivity index (χ1v) is 15.3. The normalized spacial score (nSPS) is 11.0. The van der Waals surface area contributed by atoms with E-state index in [0.29, 0.717) is 123 Å². The lowest BCUT2D eigenvalue weighted by atomic mass is 10.1. The minimum absolute atomic E-state index is 0.00575. The van der Waals surface area contributed by atoms with Crippen LogP contribution < -0.4 is 4.74 Å². The molecule has 0 bridgehead atoms. The van der Waals surface area contributed by atoms with Gasteiger partial charge in [-0.3, -0.25) is 9.59 Å². The molecule has 0 saturated carbocycles. The van der Waals surface area contributed by atoms with Gasteiger partial charge in [-0.1, -0.05) is 30.3 Å². The number of rotatable bonds is 31. The number of hydrogen-bond donors (Lipinski definition) is 0. The Balaban J connectivity index is 1.19. The Bertz CT molecular complexity index is 1030.